The smallest absolute Gasteiger partial charge is 0.326 e. The van der Waals surface area contributed by atoms with Crippen LogP contribution in [0.4, 0.5) is 0 Å². The van der Waals surface area contributed by atoms with Crippen molar-refractivity contribution < 1.29 is 18.3 Å². The first-order chi connectivity index (χ1) is 9.90. The number of hydrogen-bond acceptors (Lipinski definition) is 3. The molecule has 2 aromatic carbocycles. The van der Waals surface area contributed by atoms with E-state index in [9.17, 15) is 18.3 Å². The van der Waals surface area contributed by atoms with Crippen LogP contribution in [0.2, 0.25) is 0 Å². The average Bonchev–Trinajstić information content (AvgIpc) is 2.47. The van der Waals surface area contributed by atoms with Crippen molar-refractivity contribution in [2.75, 3.05) is 0 Å². The Labute approximate surface area is 130 Å². The van der Waals surface area contributed by atoms with Gasteiger partial charge in [0.2, 0.25) is 10.0 Å². The number of aliphatic carboxylic acids is 1. The van der Waals surface area contributed by atoms with Crippen molar-refractivity contribution in [2.45, 2.75) is 10.9 Å². The lowest BCUT2D eigenvalue weighted by molar-refractivity contribution is -0.139. The van der Waals surface area contributed by atoms with E-state index in [1.165, 1.54) is 12.1 Å². The zero-order valence-electron chi connectivity index (χ0n) is 10.7. The topological polar surface area (TPSA) is 83.5 Å². The maximum atomic E-state index is 12.2. The number of hydrogen-bond donors (Lipinski definition) is 2. The third-order valence-electron chi connectivity index (χ3n) is 2.78. The Bertz CT molecular complexity index is 729. The molecule has 7 heteroatoms. The quantitative estimate of drug-likeness (QED) is 0.848. The Morgan fingerprint density at radius 3 is 2.14 bits per heavy atom. The summed E-state index contributed by atoms with van der Waals surface area (Å²) >= 11 is 3.24. The van der Waals surface area contributed by atoms with Crippen molar-refractivity contribution in [1.82, 2.24) is 4.72 Å². The van der Waals surface area contributed by atoms with E-state index in [2.05, 4.69) is 20.7 Å². The van der Waals surface area contributed by atoms with Gasteiger partial charge in [-0.15, -0.1) is 0 Å². The highest BCUT2D eigenvalue weighted by Gasteiger charge is 2.26. The number of nitrogens with one attached hydrogen (secondary N) is 1. The largest absolute Gasteiger partial charge is 0.480 e. The highest BCUT2D eigenvalue weighted by atomic mass is 79.9. The Balaban J connectivity index is 2.33. The van der Waals surface area contributed by atoms with Crippen LogP contribution in [0.5, 0.6) is 0 Å². The predicted octanol–water partition coefficient (Wildman–Crippen LogP) is 2.55. The van der Waals surface area contributed by atoms with Gasteiger partial charge in [-0.05, 0) is 29.8 Å². The van der Waals surface area contributed by atoms with Gasteiger partial charge in [0.05, 0.1) is 4.90 Å². The number of carboxylic acids is 1. The maximum Gasteiger partial charge on any atom is 0.326 e. The van der Waals surface area contributed by atoms with Crippen LogP contribution in [0, 0.1) is 0 Å². The molecule has 0 bridgehead atoms. The van der Waals surface area contributed by atoms with Crippen LogP contribution in [0.3, 0.4) is 0 Å². The van der Waals surface area contributed by atoms with Crippen LogP contribution in [-0.2, 0) is 14.8 Å². The first kappa shape index (κ1) is 15.7. The van der Waals surface area contributed by atoms with E-state index in [-0.39, 0.29) is 4.90 Å². The van der Waals surface area contributed by atoms with Gasteiger partial charge in [0.25, 0.3) is 0 Å². The standard InChI is InChI=1S/C14H12BrNO4S/c15-11-8-6-10(7-9-11)13(14(17)18)16-21(19,20)12-4-2-1-3-5-12/h1-9,13,16H,(H,17,18). The molecule has 0 saturated heterocycles. The predicted molar refractivity (Wildman–Crippen MR) is 81.3 cm³/mol. The van der Waals surface area contributed by atoms with Crippen molar-refractivity contribution in [3.05, 3.63) is 64.6 Å². The number of sulfonamides is 1. The molecule has 2 aromatic rings. The normalized spacial score (nSPS) is 12.8. The summed E-state index contributed by atoms with van der Waals surface area (Å²) in [5.41, 5.74) is 0.352. The number of carboxylic acid groups (broad SMARTS) is 1. The second-order valence-corrected chi connectivity index (χ2v) is 6.89. The lowest BCUT2D eigenvalue weighted by Gasteiger charge is -2.15. The Morgan fingerprint density at radius 1 is 1.05 bits per heavy atom. The van der Waals surface area contributed by atoms with E-state index in [1.54, 1.807) is 42.5 Å². The zero-order chi connectivity index (χ0) is 15.5. The molecule has 0 aliphatic heterocycles. The minimum Gasteiger partial charge on any atom is -0.480 e. The molecular weight excluding hydrogens is 358 g/mol. The van der Waals surface area contributed by atoms with Crippen LogP contribution >= 0.6 is 15.9 Å². The number of halogens is 1. The molecule has 1 atom stereocenters. The fourth-order valence-corrected chi connectivity index (χ4v) is 3.20. The fraction of sp³-hybridized carbons (Fsp3) is 0.0714. The van der Waals surface area contributed by atoms with Crippen LogP contribution < -0.4 is 4.72 Å². The number of benzene rings is 2. The van der Waals surface area contributed by atoms with Crippen molar-refractivity contribution in [3.8, 4) is 0 Å². The highest BCUT2D eigenvalue weighted by Crippen LogP contribution is 2.20. The molecule has 2 rings (SSSR count). The molecule has 21 heavy (non-hydrogen) atoms. The van der Waals surface area contributed by atoms with E-state index < -0.39 is 22.0 Å². The summed E-state index contributed by atoms with van der Waals surface area (Å²) in [6, 6.07) is 12.7. The van der Waals surface area contributed by atoms with E-state index in [0.717, 1.165) is 4.47 Å². The summed E-state index contributed by atoms with van der Waals surface area (Å²) in [6.07, 6.45) is 0. The van der Waals surface area contributed by atoms with E-state index in [1.807, 2.05) is 0 Å². The Kier molecular flexibility index (Phi) is 4.76. The molecule has 0 aliphatic rings. The third-order valence-corrected chi connectivity index (χ3v) is 4.74. The molecule has 0 aliphatic carbocycles. The van der Waals surface area contributed by atoms with Crippen molar-refractivity contribution in [1.29, 1.82) is 0 Å². The molecule has 0 spiro atoms. The molecule has 5 nitrogen and oxygen atoms in total. The molecule has 0 aromatic heterocycles. The Morgan fingerprint density at radius 2 is 1.62 bits per heavy atom. The van der Waals surface area contributed by atoms with Crippen LogP contribution in [-0.4, -0.2) is 19.5 Å². The van der Waals surface area contributed by atoms with Gasteiger partial charge in [-0.25, -0.2) is 8.42 Å². The van der Waals surface area contributed by atoms with Gasteiger partial charge in [-0.1, -0.05) is 46.3 Å². The molecular formula is C14H12BrNO4S. The lowest BCUT2D eigenvalue weighted by atomic mass is 10.1. The molecule has 0 heterocycles. The molecule has 2 N–H and O–H groups in total. The van der Waals surface area contributed by atoms with Crippen molar-refractivity contribution in [3.63, 3.8) is 0 Å². The SMILES string of the molecule is O=C(O)C(NS(=O)(=O)c1ccccc1)c1ccc(Br)cc1. The van der Waals surface area contributed by atoms with Crippen LogP contribution in [0.1, 0.15) is 11.6 Å². The van der Waals surface area contributed by atoms with Gasteiger partial charge < -0.3 is 5.11 Å². The van der Waals surface area contributed by atoms with Gasteiger partial charge >= 0.3 is 5.97 Å². The maximum absolute atomic E-state index is 12.2. The minimum absolute atomic E-state index is 0.0216. The monoisotopic (exact) mass is 369 g/mol. The van der Waals surface area contributed by atoms with Crippen molar-refractivity contribution in [2.24, 2.45) is 0 Å². The number of carbonyl (C=O) groups is 1. The second-order valence-electron chi connectivity index (χ2n) is 4.26. The summed E-state index contributed by atoms with van der Waals surface area (Å²) in [6.45, 7) is 0. The first-order valence-electron chi connectivity index (χ1n) is 5.96. The summed E-state index contributed by atoms with van der Waals surface area (Å²) in [5, 5.41) is 9.27. The van der Waals surface area contributed by atoms with Crippen LogP contribution in [0.15, 0.2) is 64.0 Å². The zero-order valence-corrected chi connectivity index (χ0v) is 13.1. The molecule has 0 amide bonds. The Hall–Kier alpha value is -1.70. The van der Waals surface area contributed by atoms with Gasteiger partial charge in [0, 0.05) is 4.47 Å². The van der Waals surface area contributed by atoms with E-state index in [4.69, 9.17) is 0 Å². The lowest BCUT2D eigenvalue weighted by Crippen LogP contribution is -2.33. The van der Waals surface area contributed by atoms with Gasteiger partial charge in [-0.2, -0.15) is 4.72 Å². The van der Waals surface area contributed by atoms with Crippen molar-refractivity contribution >= 4 is 31.9 Å². The second kappa shape index (κ2) is 6.38. The minimum atomic E-state index is -3.91. The van der Waals surface area contributed by atoms with E-state index >= 15 is 0 Å². The van der Waals surface area contributed by atoms with Crippen LogP contribution in [0.25, 0.3) is 0 Å². The van der Waals surface area contributed by atoms with E-state index in [0.29, 0.717) is 5.56 Å². The highest BCUT2D eigenvalue weighted by molar-refractivity contribution is 9.10. The first-order valence-corrected chi connectivity index (χ1v) is 8.23. The van der Waals surface area contributed by atoms with Gasteiger partial charge in [0.1, 0.15) is 6.04 Å². The average molecular weight is 370 g/mol. The summed E-state index contributed by atoms with van der Waals surface area (Å²) in [4.78, 5) is 11.4. The molecule has 0 radical (unpaired) electrons. The van der Waals surface area contributed by atoms with Gasteiger partial charge in [0.15, 0.2) is 0 Å². The summed E-state index contributed by atoms with van der Waals surface area (Å²) in [7, 11) is -3.91. The molecule has 1 unspecified atom stereocenters. The molecule has 110 valence electrons. The fourth-order valence-electron chi connectivity index (χ4n) is 1.74. The van der Waals surface area contributed by atoms with Gasteiger partial charge in [-0.3, -0.25) is 4.79 Å². The molecule has 0 saturated carbocycles. The third kappa shape index (κ3) is 3.90. The molecule has 0 fully saturated rings. The summed E-state index contributed by atoms with van der Waals surface area (Å²) in [5.74, 6) is -1.27. The number of rotatable bonds is 5. The summed E-state index contributed by atoms with van der Waals surface area (Å²) < 4.78 is 27.4.